The van der Waals surface area contributed by atoms with E-state index in [0.717, 1.165) is 25.1 Å². The van der Waals surface area contributed by atoms with Crippen LogP contribution in [0.2, 0.25) is 0 Å². The topological polar surface area (TPSA) is 67.8 Å². The van der Waals surface area contributed by atoms with Gasteiger partial charge in [-0.2, -0.15) is 0 Å². The molecule has 0 saturated carbocycles. The first-order valence-electron chi connectivity index (χ1n) is 8.48. The molecule has 0 aliphatic carbocycles. The minimum atomic E-state index is -0.242. The number of amides is 1. The number of likely N-dealkylation sites (tertiary alicyclic amines) is 1. The van der Waals surface area contributed by atoms with Gasteiger partial charge in [-0.3, -0.25) is 9.78 Å². The van der Waals surface area contributed by atoms with Gasteiger partial charge in [0.2, 0.25) is 11.8 Å². The summed E-state index contributed by atoms with van der Waals surface area (Å²) in [5, 5.41) is 0. The van der Waals surface area contributed by atoms with Crippen molar-refractivity contribution in [2.75, 3.05) is 40.3 Å². The van der Waals surface area contributed by atoms with Crippen molar-refractivity contribution in [3.05, 3.63) is 18.1 Å². The van der Waals surface area contributed by atoms with Crippen molar-refractivity contribution in [1.82, 2.24) is 19.8 Å². The molecule has 0 unspecified atom stereocenters. The molecule has 7 nitrogen and oxygen atoms in total. The van der Waals surface area contributed by atoms with Gasteiger partial charge in [-0.25, -0.2) is 4.98 Å². The zero-order valence-electron chi connectivity index (χ0n) is 14.7. The molecule has 1 atom stereocenters. The average Bonchev–Trinajstić information content (AvgIpc) is 2.50. The molecule has 2 aliphatic rings. The van der Waals surface area contributed by atoms with Gasteiger partial charge in [0.25, 0.3) is 0 Å². The minimum Gasteiger partial charge on any atom is -0.473 e. The van der Waals surface area contributed by atoms with Crippen molar-refractivity contribution in [2.24, 2.45) is 0 Å². The zero-order valence-corrected chi connectivity index (χ0v) is 14.7. The third-order valence-electron chi connectivity index (χ3n) is 4.55. The molecule has 1 aromatic heterocycles. The molecule has 0 aromatic carbocycles. The number of aromatic nitrogens is 2. The molecule has 1 spiro atoms. The van der Waals surface area contributed by atoms with Crippen LogP contribution in [0.1, 0.15) is 25.0 Å². The van der Waals surface area contributed by atoms with Crippen LogP contribution in [-0.4, -0.2) is 77.7 Å². The van der Waals surface area contributed by atoms with Crippen LogP contribution in [0.4, 0.5) is 0 Å². The summed E-state index contributed by atoms with van der Waals surface area (Å²) in [6.07, 6.45) is 5.61. The van der Waals surface area contributed by atoms with E-state index in [1.807, 2.05) is 30.8 Å². The van der Waals surface area contributed by atoms with E-state index in [9.17, 15) is 4.79 Å². The van der Waals surface area contributed by atoms with Gasteiger partial charge in [0.05, 0.1) is 31.6 Å². The number of nitrogens with zero attached hydrogens (tertiary/aromatic N) is 4. The van der Waals surface area contributed by atoms with E-state index in [4.69, 9.17) is 9.47 Å². The number of carbonyl (C=O) groups is 1. The first kappa shape index (κ1) is 17.1. The number of hydrogen-bond donors (Lipinski definition) is 0. The van der Waals surface area contributed by atoms with Gasteiger partial charge in [0, 0.05) is 32.0 Å². The molecule has 0 bridgehead atoms. The second kappa shape index (κ2) is 7.03. The number of rotatable bonds is 5. The number of ether oxygens (including phenoxy) is 2. The van der Waals surface area contributed by atoms with E-state index >= 15 is 0 Å². The lowest BCUT2D eigenvalue weighted by atomic mass is 9.84. The largest absolute Gasteiger partial charge is 0.473 e. The van der Waals surface area contributed by atoms with Crippen LogP contribution in [0, 0.1) is 6.92 Å². The Morgan fingerprint density at radius 1 is 1.46 bits per heavy atom. The number of carbonyl (C=O) groups excluding carboxylic acids is 1. The third kappa shape index (κ3) is 4.02. The molecule has 2 saturated heterocycles. The SMILES string of the molecule is Cc1cncc(O[C@H]2CCOC3(C2)CN(C(=O)CCN(C)C)C3)n1. The van der Waals surface area contributed by atoms with Gasteiger partial charge in [-0.1, -0.05) is 0 Å². The Kier molecular flexibility index (Phi) is 5.01. The molecule has 3 heterocycles. The Bertz CT molecular complexity index is 587. The van der Waals surface area contributed by atoms with E-state index in [0.29, 0.717) is 32.0 Å². The van der Waals surface area contributed by atoms with Gasteiger partial charge < -0.3 is 19.3 Å². The standard InChI is InChI=1S/C17H26N4O3/c1-13-9-18-10-15(19-13)24-14-5-7-23-17(8-14)11-21(12-17)16(22)4-6-20(2)3/h9-10,14H,4-8,11-12H2,1-3H3/t14-/m0/s1. The molecule has 1 amide bonds. The lowest BCUT2D eigenvalue weighted by Gasteiger charge is -2.52. The third-order valence-corrected chi connectivity index (χ3v) is 4.55. The van der Waals surface area contributed by atoms with E-state index in [2.05, 4.69) is 9.97 Å². The van der Waals surface area contributed by atoms with Crippen molar-refractivity contribution in [2.45, 2.75) is 37.9 Å². The molecule has 2 fully saturated rings. The first-order chi connectivity index (χ1) is 11.5. The Hall–Kier alpha value is -1.73. The maximum Gasteiger partial charge on any atom is 0.232 e. The van der Waals surface area contributed by atoms with Crippen LogP contribution >= 0.6 is 0 Å². The summed E-state index contributed by atoms with van der Waals surface area (Å²) >= 11 is 0. The molecule has 132 valence electrons. The van der Waals surface area contributed by atoms with E-state index in [1.165, 1.54) is 0 Å². The number of aryl methyl sites for hydroxylation is 1. The lowest BCUT2D eigenvalue weighted by molar-refractivity contribution is -0.193. The highest BCUT2D eigenvalue weighted by atomic mass is 16.5. The molecule has 0 N–H and O–H groups in total. The van der Waals surface area contributed by atoms with Crippen molar-refractivity contribution in [3.8, 4) is 5.88 Å². The van der Waals surface area contributed by atoms with Crippen LogP contribution in [-0.2, 0) is 9.53 Å². The fourth-order valence-electron chi connectivity index (χ4n) is 3.27. The van der Waals surface area contributed by atoms with Crippen LogP contribution in [0.5, 0.6) is 5.88 Å². The van der Waals surface area contributed by atoms with Gasteiger partial charge in [0.1, 0.15) is 11.7 Å². The summed E-state index contributed by atoms with van der Waals surface area (Å²) in [6, 6.07) is 0. The second-order valence-electron chi connectivity index (χ2n) is 7.07. The first-order valence-corrected chi connectivity index (χ1v) is 8.48. The van der Waals surface area contributed by atoms with Gasteiger partial charge in [-0.15, -0.1) is 0 Å². The van der Waals surface area contributed by atoms with Crippen molar-refractivity contribution >= 4 is 5.91 Å². The summed E-state index contributed by atoms with van der Waals surface area (Å²) in [5.74, 6) is 0.765. The zero-order chi connectivity index (χ0) is 17.2. The molecule has 1 aromatic rings. The van der Waals surface area contributed by atoms with Crippen LogP contribution in [0.15, 0.2) is 12.4 Å². The molecule has 0 radical (unpaired) electrons. The van der Waals surface area contributed by atoms with Crippen LogP contribution < -0.4 is 4.74 Å². The Morgan fingerprint density at radius 3 is 2.96 bits per heavy atom. The normalized spacial score (nSPS) is 22.5. The molecule has 3 rings (SSSR count). The second-order valence-corrected chi connectivity index (χ2v) is 7.07. The predicted octanol–water partition coefficient (Wildman–Crippen LogP) is 0.876. The summed E-state index contributed by atoms with van der Waals surface area (Å²) < 4.78 is 12.0. The minimum absolute atomic E-state index is 0.0638. The lowest BCUT2D eigenvalue weighted by Crippen LogP contribution is -2.67. The fourth-order valence-corrected chi connectivity index (χ4v) is 3.27. The Morgan fingerprint density at radius 2 is 2.25 bits per heavy atom. The summed E-state index contributed by atoms with van der Waals surface area (Å²) in [5.41, 5.74) is 0.601. The van der Waals surface area contributed by atoms with Crippen LogP contribution in [0.25, 0.3) is 0 Å². The number of hydrogen-bond acceptors (Lipinski definition) is 6. The highest BCUT2D eigenvalue weighted by molar-refractivity contribution is 5.77. The predicted molar refractivity (Wildman–Crippen MR) is 88.9 cm³/mol. The van der Waals surface area contributed by atoms with Crippen molar-refractivity contribution < 1.29 is 14.3 Å². The summed E-state index contributed by atoms with van der Waals surface area (Å²) in [6.45, 7) is 4.66. The smallest absolute Gasteiger partial charge is 0.232 e. The highest BCUT2D eigenvalue weighted by Crippen LogP contribution is 2.35. The van der Waals surface area contributed by atoms with Crippen molar-refractivity contribution in [1.29, 1.82) is 0 Å². The molecule has 7 heteroatoms. The quantitative estimate of drug-likeness (QED) is 0.796. The summed E-state index contributed by atoms with van der Waals surface area (Å²) in [4.78, 5) is 24.5. The van der Waals surface area contributed by atoms with Crippen molar-refractivity contribution in [3.63, 3.8) is 0 Å². The van der Waals surface area contributed by atoms with E-state index in [-0.39, 0.29) is 17.6 Å². The molecular formula is C17H26N4O3. The van der Waals surface area contributed by atoms with Gasteiger partial charge in [-0.05, 0) is 21.0 Å². The molecule has 24 heavy (non-hydrogen) atoms. The maximum atomic E-state index is 12.2. The Labute approximate surface area is 143 Å². The van der Waals surface area contributed by atoms with Crippen LogP contribution in [0.3, 0.4) is 0 Å². The monoisotopic (exact) mass is 334 g/mol. The van der Waals surface area contributed by atoms with E-state index in [1.54, 1.807) is 12.4 Å². The summed E-state index contributed by atoms with van der Waals surface area (Å²) in [7, 11) is 3.95. The van der Waals surface area contributed by atoms with E-state index < -0.39 is 0 Å². The molecular weight excluding hydrogens is 308 g/mol. The Balaban J connectivity index is 1.51. The van der Waals surface area contributed by atoms with Gasteiger partial charge in [0.15, 0.2) is 0 Å². The molecule has 2 aliphatic heterocycles. The maximum absolute atomic E-state index is 12.2. The highest BCUT2D eigenvalue weighted by Gasteiger charge is 2.49. The van der Waals surface area contributed by atoms with Gasteiger partial charge >= 0.3 is 0 Å². The average molecular weight is 334 g/mol. The fraction of sp³-hybridized carbons (Fsp3) is 0.706.